The van der Waals surface area contributed by atoms with E-state index in [1.54, 1.807) is 0 Å². The molecule has 1 N–H and O–H groups in total. The van der Waals surface area contributed by atoms with Crippen molar-refractivity contribution in [1.29, 1.82) is 0 Å². The molecule has 0 atom stereocenters. The molecule has 4 heterocycles. The van der Waals surface area contributed by atoms with E-state index >= 15 is 0 Å². The van der Waals surface area contributed by atoms with E-state index in [9.17, 15) is 0 Å². The SMILES string of the molecule is CC(C)(C)c1ccc(Nc2cc(N(c3ccccc3)c3ccccc3)ccc2-c2ccc3c4cc5c(cc4n4c3c2Bc2sc3ccc(C(C)(C)C)cc3c2-4)sc2ccccc25)cc1. The minimum Gasteiger partial charge on any atom is -0.355 e. The van der Waals surface area contributed by atoms with Gasteiger partial charge < -0.3 is 14.8 Å². The minimum absolute atomic E-state index is 0.0410. The first-order valence-electron chi connectivity index (χ1n) is 22.4. The van der Waals surface area contributed by atoms with Crippen molar-refractivity contribution < 1.29 is 0 Å². The van der Waals surface area contributed by atoms with E-state index in [1.165, 1.54) is 90.2 Å². The lowest BCUT2D eigenvalue weighted by molar-refractivity contribution is 0.590. The van der Waals surface area contributed by atoms with Crippen LogP contribution in [0.5, 0.6) is 0 Å². The number of aromatic nitrogens is 1. The number of anilines is 5. The fourth-order valence-corrected chi connectivity index (χ4v) is 12.3. The molecule has 6 heteroatoms. The second-order valence-electron chi connectivity index (χ2n) is 19.5. The number of rotatable bonds is 6. The molecule has 0 saturated carbocycles. The van der Waals surface area contributed by atoms with Gasteiger partial charge in [-0.2, -0.15) is 0 Å². The van der Waals surface area contributed by atoms with Gasteiger partial charge in [-0.3, -0.25) is 0 Å². The molecule has 310 valence electrons. The third kappa shape index (κ3) is 6.29. The molecule has 11 aromatic rings. The summed E-state index contributed by atoms with van der Waals surface area (Å²) in [5, 5.41) is 10.6. The number of hydrogen-bond acceptors (Lipinski definition) is 4. The summed E-state index contributed by atoms with van der Waals surface area (Å²) in [6.45, 7) is 13.8. The number of hydrogen-bond donors (Lipinski definition) is 1. The standard InChI is InChI=1S/C58H48BN3S2/c1-57(2,3)35-21-24-37(25-22-35)60-48-32-40(61(38-15-9-7-10-16-38)39-17-11-8-12-18-39)26-27-41(48)43-28-29-44-45-33-46-42-19-13-14-20-50(42)63-52(46)34-49(45)62-54(44)53(43)59-56-55(62)47-31-36(58(4,5)6)23-30-51(47)64-56/h7-34,59-60H,1-6H3. The molecule has 0 unspecified atom stereocenters. The first-order chi connectivity index (χ1) is 31.0. The lowest BCUT2D eigenvalue weighted by Gasteiger charge is -2.27. The van der Waals surface area contributed by atoms with Crippen molar-refractivity contribution in [3.05, 3.63) is 181 Å². The Labute approximate surface area is 383 Å². The van der Waals surface area contributed by atoms with Crippen molar-refractivity contribution in [2.45, 2.75) is 52.4 Å². The summed E-state index contributed by atoms with van der Waals surface area (Å²) < 4.78 is 8.08. The van der Waals surface area contributed by atoms with Gasteiger partial charge in [-0.15, -0.1) is 22.7 Å². The average Bonchev–Trinajstić information content (AvgIpc) is 3.95. The topological polar surface area (TPSA) is 20.2 Å². The smallest absolute Gasteiger partial charge is 0.211 e. The normalized spacial score (nSPS) is 12.7. The quantitative estimate of drug-likeness (QED) is 0.168. The number of para-hydroxylation sites is 2. The Kier molecular flexibility index (Phi) is 8.82. The van der Waals surface area contributed by atoms with Crippen LogP contribution in [0.25, 0.3) is 68.9 Å². The zero-order valence-corrected chi connectivity index (χ0v) is 38.7. The Balaban J connectivity index is 1.12. The van der Waals surface area contributed by atoms with E-state index in [0.29, 0.717) is 0 Å². The molecule has 12 rings (SSSR count). The second-order valence-corrected chi connectivity index (χ2v) is 21.7. The summed E-state index contributed by atoms with van der Waals surface area (Å²) in [6, 6.07) is 63.3. The highest BCUT2D eigenvalue weighted by atomic mass is 32.1. The van der Waals surface area contributed by atoms with Gasteiger partial charge in [0.15, 0.2) is 0 Å². The third-order valence-corrected chi connectivity index (χ3v) is 15.6. The Morgan fingerprint density at radius 1 is 0.484 bits per heavy atom. The Morgan fingerprint density at radius 3 is 1.86 bits per heavy atom. The largest absolute Gasteiger partial charge is 0.355 e. The summed E-state index contributed by atoms with van der Waals surface area (Å²) in [5.41, 5.74) is 16.0. The van der Waals surface area contributed by atoms with Gasteiger partial charge in [0.2, 0.25) is 7.28 Å². The summed E-state index contributed by atoms with van der Waals surface area (Å²) in [5.74, 6) is 0. The maximum atomic E-state index is 3.97. The van der Waals surface area contributed by atoms with Gasteiger partial charge in [-0.1, -0.05) is 133 Å². The first-order valence-corrected chi connectivity index (χ1v) is 24.0. The number of fused-ring (bicyclic) bond motifs is 10. The van der Waals surface area contributed by atoms with Gasteiger partial charge >= 0.3 is 0 Å². The molecule has 0 spiro atoms. The molecule has 0 amide bonds. The van der Waals surface area contributed by atoms with Crippen LogP contribution in [-0.4, -0.2) is 11.8 Å². The Bertz CT molecular complexity index is 3580. The van der Waals surface area contributed by atoms with Crippen molar-refractivity contribution in [2.24, 2.45) is 0 Å². The molecule has 64 heavy (non-hydrogen) atoms. The molecule has 0 bridgehead atoms. The molecule has 3 aromatic heterocycles. The molecule has 0 saturated heterocycles. The zero-order chi connectivity index (χ0) is 43.5. The molecule has 1 aliphatic heterocycles. The van der Waals surface area contributed by atoms with Gasteiger partial charge in [-0.05, 0) is 117 Å². The van der Waals surface area contributed by atoms with Gasteiger partial charge in [-0.25, -0.2) is 0 Å². The van der Waals surface area contributed by atoms with Crippen molar-refractivity contribution in [2.75, 3.05) is 10.2 Å². The van der Waals surface area contributed by atoms with Crippen LogP contribution < -0.4 is 20.5 Å². The van der Waals surface area contributed by atoms with Crippen molar-refractivity contribution in [1.82, 2.24) is 4.57 Å². The van der Waals surface area contributed by atoms with Crippen LogP contribution in [0.1, 0.15) is 52.7 Å². The minimum atomic E-state index is 0.0410. The van der Waals surface area contributed by atoms with E-state index in [-0.39, 0.29) is 10.8 Å². The maximum Gasteiger partial charge on any atom is 0.211 e. The monoisotopic (exact) mass is 861 g/mol. The van der Waals surface area contributed by atoms with Gasteiger partial charge in [0, 0.05) is 80.5 Å². The molecule has 0 fully saturated rings. The second kappa shape index (κ2) is 14.5. The predicted octanol–water partition coefficient (Wildman–Crippen LogP) is 15.5. The number of thiophene rings is 2. The van der Waals surface area contributed by atoms with E-state index in [2.05, 4.69) is 226 Å². The molecule has 8 aromatic carbocycles. The van der Waals surface area contributed by atoms with E-state index in [0.717, 1.165) is 35.7 Å². The highest BCUT2D eigenvalue weighted by molar-refractivity contribution is 7.29. The molecule has 3 nitrogen and oxygen atoms in total. The summed E-state index contributed by atoms with van der Waals surface area (Å²) in [6.07, 6.45) is 0. The third-order valence-electron chi connectivity index (χ3n) is 13.3. The fourth-order valence-electron chi connectivity index (χ4n) is 10.0. The van der Waals surface area contributed by atoms with Crippen LogP contribution in [0.2, 0.25) is 0 Å². The van der Waals surface area contributed by atoms with Crippen LogP contribution in [0.3, 0.4) is 0 Å². The highest BCUT2D eigenvalue weighted by Crippen LogP contribution is 2.46. The van der Waals surface area contributed by atoms with Crippen LogP contribution in [0.4, 0.5) is 28.4 Å². The number of nitrogens with one attached hydrogen (secondary N) is 1. The predicted molar refractivity (Wildman–Crippen MR) is 283 cm³/mol. The van der Waals surface area contributed by atoms with Crippen molar-refractivity contribution in [3.8, 4) is 16.8 Å². The van der Waals surface area contributed by atoms with Gasteiger partial charge in [0.1, 0.15) is 0 Å². The molecular formula is C58H48BN3S2. The molecule has 0 aliphatic carbocycles. The summed E-state index contributed by atoms with van der Waals surface area (Å²) >= 11 is 3.86. The Morgan fingerprint density at radius 2 is 1.14 bits per heavy atom. The highest BCUT2D eigenvalue weighted by Gasteiger charge is 2.31. The zero-order valence-electron chi connectivity index (χ0n) is 37.1. The fraction of sp³-hybridized carbons (Fsp3) is 0.138. The lowest BCUT2D eigenvalue weighted by Crippen LogP contribution is -2.35. The number of benzene rings is 8. The van der Waals surface area contributed by atoms with Crippen LogP contribution in [0, 0.1) is 0 Å². The Hall–Kier alpha value is -6.60. The van der Waals surface area contributed by atoms with Crippen molar-refractivity contribution >= 4 is 121 Å². The number of nitrogens with zero attached hydrogens (tertiary/aromatic N) is 2. The maximum absolute atomic E-state index is 3.97. The average molecular weight is 862 g/mol. The molecular weight excluding hydrogens is 814 g/mol. The lowest BCUT2D eigenvalue weighted by atomic mass is 9.63. The van der Waals surface area contributed by atoms with Crippen molar-refractivity contribution in [3.63, 3.8) is 0 Å². The molecule has 1 aliphatic rings. The van der Waals surface area contributed by atoms with E-state index in [4.69, 9.17) is 0 Å². The summed E-state index contributed by atoms with van der Waals surface area (Å²) in [7, 11) is 0.863. The van der Waals surface area contributed by atoms with Gasteiger partial charge in [0.05, 0.1) is 11.2 Å². The summed E-state index contributed by atoms with van der Waals surface area (Å²) in [4.78, 5) is 2.35. The first kappa shape index (κ1) is 39.0. The van der Waals surface area contributed by atoms with Crippen LogP contribution in [0.15, 0.2) is 170 Å². The van der Waals surface area contributed by atoms with Crippen LogP contribution in [-0.2, 0) is 10.8 Å². The van der Waals surface area contributed by atoms with Crippen LogP contribution >= 0.6 is 22.7 Å². The van der Waals surface area contributed by atoms with Gasteiger partial charge in [0.25, 0.3) is 0 Å². The van der Waals surface area contributed by atoms with E-state index in [1.807, 2.05) is 22.7 Å². The molecule has 0 radical (unpaired) electrons. The van der Waals surface area contributed by atoms with E-state index < -0.39 is 0 Å².